The summed E-state index contributed by atoms with van der Waals surface area (Å²) in [6.07, 6.45) is 0.344. The molecule has 0 fully saturated rings. The maximum atomic E-state index is 12.2. The number of ketones is 1. The van der Waals surface area contributed by atoms with Crippen molar-refractivity contribution in [2.45, 2.75) is 13.3 Å². The van der Waals surface area contributed by atoms with Crippen LogP contribution in [0.1, 0.15) is 21.5 Å². The van der Waals surface area contributed by atoms with Crippen LogP contribution in [0.15, 0.2) is 42.5 Å². The first-order chi connectivity index (χ1) is 9.10. The second kappa shape index (κ2) is 5.89. The normalized spacial score (nSPS) is 10.3. The van der Waals surface area contributed by atoms with E-state index >= 15 is 0 Å². The third-order valence-corrected chi connectivity index (χ3v) is 3.40. The van der Waals surface area contributed by atoms with Crippen LogP contribution >= 0.6 is 11.6 Å². The minimum absolute atomic E-state index is 0.0511. The number of hydrogen-bond donors (Lipinski definition) is 0. The van der Waals surface area contributed by atoms with Crippen molar-refractivity contribution in [1.29, 1.82) is 0 Å². The van der Waals surface area contributed by atoms with E-state index in [0.717, 1.165) is 16.9 Å². The van der Waals surface area contributed by atoms with E-state index in [1.807, 2.05) is 43.3 Å². The summed E-state index contributed by atoms with van der Waals surface area (Å²) >= 11 is 6.04. The van der Waals surface area contributed by atoms with E-state index in [1.165, 1.54) is 0 Å². The molecule has 0 aliphatic rings. The van der Waals surface area contributed by atoms with Gasteiger partial charge in [-0.2, -0.15) is 0 Å². The molecule has 98 valence electrons. The van der Waals surface area contributed by atoms with Gasteiger partial charge in [0.25, 0.3) is 0 Å². The van der Waals surface area contributed by atoms with E-state index in [9.17, 15) is 4.79 Å². The number of benzene rings is 2. The lowest BCUT2D eigenvalue weighted by Gasteiger charge is -2.05. The molecular formula is C16H15ClO2. The third-order valence-electron chi connectivity index (χ3n) is 2.99. The Morgan fingerprint density at radius 2 is 2.00 bits per heavy atom. The highest BCUT2D eigenvalue weighted by Gasteiger charge is 2.09. The van der Waals surface area contributed by atoms with Crippen molar-refractivity contribution in [2.75, 3.05) is 7.11 Å². The lowest BCUT2D eigenvalue weighted by molar-refractivity contribution is 0.0993. The van der Waals surface area contributed by atoms with Crippen LogP contribution in [-0.4, -0.2) is 12.9 Å². The lowest BCUT2D eigenvalue weighted by atomic mass is 10.0. The molecule has 0 atom stereocenters. The molecule has 0 aliphatic heterocycles. The molecule has 0 aromatic heterocycles. The largest absolute Gasteiger partial charge is 0.497 e. The Kier molecular flexibility index (Phi) is 4.23. The molecule has 0 saturated carbocycles. The van der Waals surface area contributed by atoms with Crippen LogP contribution in [0, 0.1) is 6.92 Å². The van der Waals surface area contributed by atoms with E-state index in [-0.39, 0.29) is 5.78 Å². The van der Waals surface area contributed by atoms with Crippen molar-refractivity contribution < 1.29 is 9.53 Å². The standard InChI is InChI=1S/C16H15ClO2/c1-11-6-7-13(10-15(11)17)16(18)9-12-4-3-5-14(8-12)19-2/h3-8,10H,9H2,1-2H3. The molecule has 0 unspecified atom stereocenters. The van der Waals surface area contributed by atoms with Gasteiger partial charge in [0.05, 0.1) is 7.11 Å². The molecule has 2 nitrogen and oxygen atoms in total. The quantitative estimate of drug-likeness (QED) is 0.785. The van der Waals surface area contributed by atoms with Crippen LogP contribution in [0.5, 0.6) is 5.75 Å². The van der Waals surface area contributed by atoms with Crippen molar-refractivity contribution in [3.8, 4) is 5.75 Å². The summed E-state index contributed by atoms with van der Waals surface area (Å²) in [5.41, 5.74) is 2.54. The highest BCUT2D eigenvalue weighted by atomic mass is 35.5. The highest BCUT2D eigenvalue weighted by molar-refractivity contribution is 6.31. The molecular weight excluding hydrogens is 260 g/mol. The van der Waals surface area contributed by atoms with Gasteiger partial charge in [-0.25, -0.2) is 0 Å². The van der Waals surface area contributed by atoms with E-state index < -0.39 is 0 Å². The van der Waals surface area contributed by atoms with Gasteiger partial charge in [-0.05, 0) is 36.2 Å². The Bertz CT molecular complexity index is 605. The first-order valence-corrected chi connectivity index (χ1v) is 6.40. The smallest absolute Gasteiger partial charge is 0.167 e. The second-order valence-electron chi connectivity index (χ2n) is 4.42. The zero-order valence-corrected chi connectivity index (χ0v) is 11.7. The molecule has 0 radical (unpaired) electrons. The van der Waals surface area contributed by atoms with Crippen LogP contribution in [0.3, 0.4) is 0 Å². The molecule has 0 N–H and O–H groups in total. The molecule has 3 heteroatoms. The van der Waals surface area contributed by atoms with Gasteiger partial charge in [-0.3, -0.25) is 4.79 Å². The Balaban J connectivity index is 2.18. The van der Waals surface area contributed by atoms with Crippen molar-refractivity contribution in [3.05, 3.63) is 64.2 Å². The topological polar surface area (TPSA) is 26.3 Å². The molecule has 19 heavy (non-hydrogen) atoms. The first-order valence-electron chi connectivity index (χ1n) is 6.02. The predicted molar refractivity (Wildman–Crippen MR) is 77.2 cm³/mol. The molecule has 0 aliphatic carbocycles. The molecule has 2 rings (SSSR count). The third kappa shape index (κ3) is 3.36. The molecule has 0 amide bonds. The summed E-state index contributed by atoms with van der Waals surface area (Å²) in [7, 11) is 1.61. The maximum Gasteiger partial charge on any atom is 0.167 e. The molecule has 0 bridgehead atoms. The van der Waals surface area contributed by atoms with Gasteiger partial charge in [0.2, 0.25) is 0 Å². The van der Waals surface area contributed by atoms with Crippen molar-refractivity contribution in [1.82, 2.24) is 0 Å². The Labute approximate surface area is 118 Å². The molecule has 2 aromatic rings. The lowest BCUT2D eigenvalue weighted by Crippen LogP contribution is -2.03. The molecule has 0 spiro atoms. The monoisotopic (exact) mass is 274 g/mol. The summed E-state index contributed by atoms with van der Waals surface area (Å²) in [5.74, 6) is 0.808. The van der Waals surface area contributed by atoms with Crippen LogP contribution in [0.2, 0.25) is 5.02 Å². The van der Waals surface area contributed by atoms with Crippen LogP contribution in [0.4, 0.5) is 0 Å². The fourth-order valence-electron chi connectivity index (χ4n) is 1.84. The van der Waals surface area contributed by atoms with Crippen molar-refractivity contribution in [2.24, 2.45) is 0 Å². The van der Waals surface area contributed by atoms with Gasteiger partial charge >= 0.3 is 0 Å². The predicted octanol–water partition coefficient (Wildman–Crippen LogP) is 4.08. The van der Waals surface area contributed by atoms with Gasteiger partial charge < -0.3 is 4.74 Å². The van der Waals surface area contributed by atoms with Crippen LogP contribution in [0.25, 0.3) is 0 Å². The maximum absolute atomic E-state index is 12.2. The number of Topliss-reactive ketones (excluding diaryl/α,β-unsaturated/α-hetero) is 1. The highest BCUT2D eigenvalue weighted by Crippen LogP contribution is 2.19. The number of carbonyl (C=O) groups excluding carboxylic acids is 1. The number of rotatable bonds is 4. The molecule has 0 heterocycles. The first kappa shape index (κ1) is 13.6. The van der Waals surface area contributed by atoms with Crippen LogP contribution < -0.4 is 4.74 Å². The minimum atomic E-state index is 0.0511. The number of carbonyl (C=O) groups is 1. The van der Waals surface area contributed by atoms with Gasteiger partial charge in [-0.15, -0.1) is 0 Å². The summed E-state index contributed by atoms with van der Waals surface area (Å²) in [6, 6.07) is 12.9. The SMILES string of the molecule is COc1cccc(CC(=O)c2ccc(C)c(Cl)c2)c1. The number of halogens is 1. The van der Waals surface area contributed by atoms with E-state index in [0.29, 0.717) is 17.0 Å². The van der Waals surface area contributed by atoms with E-state index in [2.05, 4.69) is 0 Å². The number of methoxy groups -OCH3 is 1. The van der Waals surface area contributed by atoms with Gasteiger partial charge in [0.15, 0.2) is 5.78 Å². The average Bonchev–Trinajstić information content (AvgIpc) is 2.42. The van der Waals surface area contributed by atoms with Gasteiger partial charge in [0, 0.05) is 17.0 Å². The summed E-state index contributed by atoms with van der Waals surface area (Å²) in [5, 5.41) is 0.622. The second-order valence-corrected chi connectivity index (χ2v) is 4.82. The minimum Gasteiger partial charge on any atom is -0.497 e. The Morgan fingerprint density at radius 1 is 1.21 bits per heavy atom. The van der Waals surface area contributed by atoms with E-state index in [4.69, 9.17) is 16.3 Å². The fourth-order valence-corrected chi connectivity index (χ4v) is 2.02. The molecule has 0 saturated heterocycles. The fraction of sp³-hybridized carbons (Fsp3) is 0.188. The van der Waals surface area contributed by atoms with Gasteiger partial charge in [-0.1, -0.05) is 35.9 Å². The summed E-state index contributed by atoms with van der Waals surface area (Å²) < 4.78 is 5.14. The summed E-state index contributed by atoms with van der Waals surface area (Å²) in [4.78, 5) is 12.2. The number of ether oxygens (including phenoxy) is 1. The summed E-state index contributed by atoms with van der Waals surface area (Å²) in [6.45, 7) is 1.92. The van der Waals surface area contributed by atoms with Gasteiger partial charge in [0.1, 0.15) is 5.75 Å². The molecule has 2 aromatic carbocycles. The zero-order valence-electron chi connectivity index (χ0n) is 10.9. The Morgan fingerprint density at radius 3 is 2.68 bits per heavy atom. The Hall–Kier alpha value is -1.80. The van der Waals surface area contributed by atoms with Crippen molar-refractivity contribution in [3.63, 3.8) is 0 Å². The van der Waals surface area contributed by atoms with Crippen LogP contribution in [-0.2, 0) is 6.42 Å². The average molecular weight is 275 g/mol. The van der Waals surface area contributed by atoms with Crippen molar-refractivity contribution >= 4 is 17.4 Å². The van der Waals surface area contributed by atoms with E-state index in [1.54, 1.807) is 13.2 Å². The number of hydrogen-bond acceptors (Lipinski definition) is 2. The zero-order chi connectivity index (χ0) is 13.8. The number of aryl methyl sites for hydroxylation is 1.